The van der Waals surface area contributed by atoms with Crippen LogP contribution in [-0.2, 0) is 0 Å². The van der Waals surface area contributed by atoms with Gasteiger partial charge in [-0.05, 0) is 67.1 Å². The minimum atomic E-state index is -0.346. The van der Waals surface area contributed by atoms with Gasteiger partial charge in [0.05, 0.1) is 0 Å². The third kappa shape index (κ3) is 4.56. The van der Waals surface area contributed by atoms with E-state index < -0.39 is 0 Å². The molecule has 2 heterocycles. The first-order valence-electron chi connectivity index (χ1n) is 9.12. The monoisotopic (exact) mass is 419 g/mol. The van der Waals surface area contributed by atoms with Gasteiger partial charge in [-0.3, -0.25) is 0 Å². The highest BCUT2D eigenvalue weighted by Crippen LogP contribution is 2.23. The molecule has 0 aliphatic rings. The number of amides is 2. The van der Waals surface area contributed by atoms with E-state index in [2.05, 4.69) is 31.2 Å². The first kappa shape index (κ1) is 19.4. The first-order chi connectivity index (χ1) is 14.6. The van der Waals surface area contributed by atoms with Gasteiger partial charge in [-0.2, -0.15) is 5.10 Å². The Bertz CT molecular complexity index is 1140. The summed E-state index contributed by atoms with van der Waals surface area (Å²) in [6.07, 6.45) is 3.48. The van der Waals surface area contributed by atoms with Gasteiger partial charge in [-0.1, -0.05) is 17.7 Å². The summed E-state index contributed by atoms with van der Waals surface area (Å²) < 4.78 is 1.63. The Labute approximate surface area is 177 Å². The van der Waals surface area contributed by atoms with Crippen molar-refractivity contribution in [1.29, 1.82) is 0 Å². The van der Waals surface area contributed by atoms with Gasteiger partial charge in [0.1, 0.15) is 0 Å². The van der Waals surface area contributed by atoms with Crippen molar-refractivity contribution < 1.29 is 4.79 Å². The molecule has 0 saturated carbocycles. The molecule has 0 aliphatic carbocycles. The highest BCUT2D eigenvalue weighted by atomic mass is 35.5. The molecule has 0 bridgehead atoms. The van der Waals surface area contributed by atoms with Crippen LogP contribution in [0.5, 0.6) is 0 Å². The number of urea groups is 1. The number of hydrogen-bond donors (Lipinski definition) is 3. The van der Waals surface area contributed by atoms with Gasteiger partial charge in [0, 0.05) is 34.5 Å². The summed E-state index contributed by atoms with van der Waals surface area (Å²) in [5, 5.41) is 21.8. The second kappa shape index (κ2) is 8.62. The van der Waals surface area contributed by atoms with Crippen molar-refractivity contribution in [1.82, 2.24) is 20.0 Å². The fourth-order valence-electron chi connectivity index (χ4n) is 2.73. The van der Waals surface area contributed by atoms with Crippen molar-refractivity contribution in [2.24, 2.45) is 0 Å². The van der Waals surface area contributed by atoms with E-state index in [-0.39, 0.29) is 6.03 Å². The van der Waals surface area contributed by atoms with Crippen LogP contribution in [-0.4, -0.2) is 26.0 Å². The minimum Gasteiger partial charge on any atom is -0.339 e. The van der Waals surface area contributed by atoms with Gasteiger partial charge in [0.2, 0.25) is 0 Å². The highest BCUT2D eigenvalue weighted by molar-refractivity contribution is 6.31. The average molecular weight is 420 g/mol. The van der Waals surface area contributed by atoms with Crippen molar-refractivity contribution in [2.75, 3.05) is 16.0 Å². The average Bonchev–Trinajstić information content (AvgIpc) is 3.28. The van der Waals surface area contributed by atoms with Crippen LogP contribution < -0.4 is 16.0 Å². The molecule has 4 aromatic rings. The Morgan fingerprint density at radius 2 is 1.73 bits per heavy atom. The van der Waals surface area contributed by atoms with Crippen LogP contribution in [0.3, 0.4) is 0 Å². The number of nitrogens with one attached hydrogen (secondary N) is 3. The van der Waals surface area contributed by atoms with E-state index in [0.29, 0.717) is 28.0 Å². The van der Waals surface area contributed by atoms with E-state index >= 15 is 0 Å². The summed E-state index contributed by atoms with van der Waals surface area (Å²) >= 11 is 6.08. The molecular formula is C21H18ClN7O. The van der Waals surface area contributed by atoms with Crippen LogP contribution >= 0.6 is 11.6 Å². The number of carbonyl (C=O) groups excluding carboxylic acids is 1. The normalized spacial score (nSPS) is 10.5. The molecule has 0 atom stereocenters. The van der Waals surface area contributed by atoms with E-state index in [1.807, 2.05) is 37.3 Å². The van der Waals surface area contributed by atoms with Crippen LogP contribution in [0.1, 0.15) is 5.56 Å². The fraction of sp³-hybridized carbons (Fsp3) is 0.0476. The predicted molar refractivity (Wildman–Crippen MR) is 118 cm³/mol. The lowest BCUT2D eigenvalue weighted by Gasteiger charge is -2.11. The van der Waals surface area contributed by atoms with Crippen LogP contribution in [0.2, 0.25) is 5.02 Å². The third-order valence-electron chi connectivity index (χ3n) is 4.32. The zero-order chi connectivity index (χ0) is 20.9. The SMILES string of the molecule is Cc1c(Cl)cccc1NC(=O)Nc1ccc(Nc2ccc(-n3cccn3)nn2)cc1. The largest absolute Gasteiger partial charge is 0.339 e. The van der Waals surface area contributed by atoms with E-state index in [0.717, 1.165) is 11.3 Å². The molecule has 3 N–H and O–H groups in total. The van der Waals surface area contributed by atoms with Gasteiger partial charge >= 0.3 is 6.03 Å². The Morgan fingerprint density at radius 1 is 0.933 bits per heavy atom. The summed E-state index contributed by atoms with van der Waals surface area (Å²) in [5.74, 6) is 1.23. The Hall–Kier alpha value is -3.91. The molecule has 30 heavy (non-hydrogen) atoms. The molecule has 0 fully saturated rings. The van der Waals surface area contributed by atoms with Crippen LogP contribution in [0.15, 0.2) is 73.1 Å². The van der Waals surface area contributed by atoms with E-state index in [4.69, 9.17) is 11.6 Å². The summed E-state index contributed by atoms with van der Waals surface area (Å²) in [5.41, 5.74) is 2.94. The highest BCUT2D eigenvalue weighted by Gasteiger charge is 2.07. The second-order valence-corrected chi connectivity index (χ2v) is 6.83. The summed E-state index contributed by atoms with van der Waals surface area (Å²) in [7, 11) is 0. The van der Waals surface area contributed by atoms with Crippen molar-refractivity contribution in [2.45, 2.75) is 6.92 Å². The Balaban J connectivity index is 1.36. The molecule has 2 aromatic carbocycles. The van der Waals surface area contributed by atoms with Crippen molar-refractivity contribution >= 4 is 40.5 Å². The number of aromatic nitrogens is 4. The maximum absolute atomic E-state index is 12.2. The third-order valence-corrected chi connectivity index (χ3v) is 4.73. The van der Waals surface area contributed by atoms with Gasteiger partial charge in [0.25, 0.3) is 0 Å². The van der Waals surface area contributed by atoms with Gasteiger partial charge in [-0.25, -0.2) is 9.48 Å². The molecule has 0 unspecified atom stereocenters. The van der Waals surface area contributed by atoms with E-state index in [1.165, 1.54) is 0 Å². The van der Waals surface area contributed by atoms with Crippen LogP contribution in [0.4, 0.5) is 27.7 Å². The predicted octanol–water partition coefficient (Wildman–Crippen LogP) is 5.01. The first-order valence-corrected chi connectivity index (χ1v) is 9.50. The molecule has 0 spiro atoms. The second-order valence-electron chi connectivity index (χ2n) is 6.42. The van der Waals surface area contributed by atoms with Gasteiger partial charge < -0.3 is 16.0 Å². The molecule has 0 saturated heterocycles. The molecule has 4 rings (SSSR count). The molecule has 0 radical (unpaired) electrons. The number of hydrogen-bond acceptors (Lipinski definition) is 5. The lowest BCUT2D eigenvalue weighted by molar-refractivity contribution is 0.262. The van der Waals surface area contributed by atoms with Crippen LogP contribution in [0.25, 0.3) is 5.82 Å². The molecule has 0 aliphatic heterocycles. The van der Waals surface area contributed by atoms with Gasteiger partial charge in [0.15, 0.2) is 11.6 Å². The lowest BCUT2D eigenvalue weighted by atomic mass is 10.2. The zero-order valence-corrected chi connectivity index (χ0v) is 16.8. The zero-order valence-electron chi connectivity index (χ0n) is 16.0. The summed E-state index contributed by atoms with van der Waals surface area (Å²) in [6, 6.07) is 17.7. The molecule has 2 amide bonds. The number of anilines is 4. The quantitative estimate of drug-likeness (QED) is 0.422. The van der Waals surface area contributed by atoms with Gasteiger partial charge in [-0.15, -0.1) is 10.2 Å². The van der Waals surface area contributed by atoms with E-state index in [1.54, 1.807) is 47.4 Å². The molecular weight excluding hydrogens is 402 g/mol. The smallest absolute Gasteiger partial charge is 0.323 e. The lowest BCUT2D eigenvalue weighted by Crippen LogP contribution is -2.19. The van der Waals surface area contributed by atoms with Crippen molar-refractivity contribution in [3.63, 3.8) is 0 Å². The topological polar surface area (TPSA) is 96.8 Å². The standard InChI is InChI=1S/C21H18ClN7O/c1-14-17(22)4-2-5-18(14)26-21(30)25-16-8-6-15(7-9-16)24-19-10-11-20(28-27-19)29-13-3-12-23-29/h2-13H,1H3,(H,24,27)(H2,25,26,30). The number of carbonyl (C=O) groups is 1. The number of rotatable bonds is 5. The fourth-order valence-corrected chi connectivity index (χ4v) is 2.91. The Kier molecular flexibility index (Phi) is 5.58. The molecule has 8 nitrogen and oxygen atoms in total. The van der Waals surface area contributed by atoms with Crippen molar-refractivity contribution in [3.8, 4) is 5.82 Å². The number of nitrogens with zero attached hydrogens (tertiary/aromatic N) is 4. The number of halogens is 1. The minimum absolute atomic E-state index is 0.346. The summed E-state index contributed by atoms with van der Waals surface area (Å²) in [6.45, 7) is 1.85. The maximum Gasteiger partial charge on any atom is 0.323 e. The van der Waals surface area contributed by atoms with Crippen LogP contribution in [0, 0.1) is 6.92 Å². The molecule has 2 aromatic heterocycles. The Morgan fingerprint density at radius 3 is 2.43 bits per heavy atom. The summed E-state index contributed by atoms with van der Waals surface area (Å²) in [4.78, 5) is 12.2. The number of benzene rings is 2. The molecule has 150 valence electrons. The van der Waals surface area contributed by atoms with E-state index in [9.17, 15) is 4.79 Å². The maximum atomic E-state index is 12.2. The molecule has 9 heteroatoms. The van der Waals surface area contributed by atoms with Crippen molar-refractivity contribution in [3.05, 3.63) is 83.6 Å².